The predicted octanol–water partition coefficient (Wildman–Crippen LogP) is 4.07. The summed E-state index contributed by atoms with van der Waals surface area (Å²) in [6.45, 7) is 1.54. The maximum Gasteiger partial charge on any atom is 0.182 e. The predicted molar refractivity (Wildman–Crippen MR) is 98.7 cm³/mol. The summed E-state index contributed by atoms with van der Waals surface area (Å²) < 4.78 is 25.0. The first-order valence-electron chi connectivity index (χ1n) is 7.09. The number of rotatable bonds is 4. The van der Waals surface area contributed by atoms with Crippen molar-refractivity contribution in [3.05, 3.63) is 51.7 Å². The van der Waals surface area contributed by atoms with Gasteiger partial charge in [0.2, 0.25) is 0 Å². The number of fused-ring (bicyclic) bond motifs is 1. The van der Waals surface area contributed by atoms with E-state index in [-0.39, 0.29) is 0 Å². The molecule has 8 heteroatoms. The highest BCUT2D eigenvalue weighted by Gasteiger charge is 2.28. The number of H-pyrrole nitrogens is 1. The average Bonchev–Trinajstić information content (AvgIpc) is 2.93. The lowest BCUT2D eigenvalue weighted by Gasteiger charge is -2.12. The van der Waals surface area contributed by atoms with Gasteiger partial charge in [0.05, 0.1) is 10.7 Å². The quantitative estimate of drug-likeness (QED) is 0.655. The molecule has 2 heterocycles. The van der Waals surface area contributed by atoms with Crippen molar-refractivity contribution in [3.63, 3.8) is 0 Å². The van der Waals surface area contributed by atoms with Gasteiger partial charge in [-0.05, 0) is 47.1 Å². The lowest BCUT2D eigenvalue weighted by Crippen LogP contribution is -2.15. The molecular weight excluding hydrogens is 416 g/mol. The number of aromatic amines is 1. The standard InChI is InChI=1S/C16H14BrClN2O3S/c1-9(24(22,23)8-21)16-15(13-4-2-3-5-19-13)10-6-12(18)11(17)7-14(10)20-16/h2-7,9,20-21H,8H2,1H3. The normalized spacial score (nSPS) is 13.3. The largest absolute Gasteiger partial charge is 0.380 e. The first kappa shape index (κ1) is 17.4. The Morgan fingerprint density at radius 1 is 1.38 bits per heavy atom. The second-order valence-corrected chi connectivity index (χ2v) is 8.93. The number of hydrogen-bond donors (Lipinski definition) is 2. The van der Waals surface area contributed by atoms with Gasteiger partial charge in [0, 0.05) is 32.8 Å². The Morgan fingerprint density at radius 3 is 2.75 bits per heavy atom. The highest BCUT2D eigenvalue weighted by Crippen LogP contribution is 2.40. The molecule has 0 spiro atoms. The number of aliphatic hydroxyl groups is 1. The summed E-state index contributed by atoms with van der Waals surface area (Å²) in [5.41, 5.74) is 2.52. The van der Waals surface area contributed by atoms with Crippen LogP contribution in [0, 0.1) is 0 Å². The zero-order valence-electron chi connectivity index (χ0n) is 12.6. The smallest absolute Gasteiger partial charge is 0.182 e. The highest BCUT2D eigenvalue weighted by molar-refractivity contribution is 9.10. The monoisotopic (exact) mass is 428 g/mol. The molecule has 2 N–H and O–H groups in total. The van der Waals surface area contributed by atoms with E-state index in [1.807, 2.05) is 6.07 Å². The van der Waals surface area contributed by atoms with Crippen molar-refractivity contribution in [1.82, 2.24) is 9.97 Å². The third-order valence-electron chi connectivity index (χ3n) is 3.91. The number of benzene rings is 1. The Labute approximate surface area is 152 Å². The van der Waals surface area contributed by atoms with Gasteiger partial charge >= 0.3 is 0 Å². The summed E-state index contributed by atoms with van der Waals surface area (Å²) in [5.74, 6) is -0.921. The molecule has 3 rings (SSSR count). The van der Waals surface area contributed by atoms with Crippen LogP contribution in [0.4, 0.5) is 0 Å². The van der Waals surface area contributed by atoms with E-state index in [1.165, 1.54) is 0 Å². The fourth-order valence-electron chi connectivity index (χ4n) is 2.59. The Bertz CT molecular complexity index is 1000. The Kier molecular flexibility index (Phi) is 4.70. The molecule has 24 heavy (non-hydrogen) atoms. The molecule has 0 fully saturated rings. The van der Waals surface area contributed by atoms with Gasteiger partial charge in [0.1, 0.15) is 11.2 Å². The van der Waals surface area contributed by atoms with Gasteiger partial charge in [-0.2, -0.15) is 0 Å². The van der Waals surface area contributed by atoms with E-state index < -0.39 is 21.0 Å². The number of nitrogens with zero attached hydrogens (tertiary/aromatic N) is 1. The summed E-state index contributed by atoms with van der Waals surface area (Å²) in [5, 5.41) is 9.58. The molecule has 0 radical (unpaired) electrons. The number of aliphatic hydroxyl groups excluding tert-OH is 1. The van der Waals surface area contributed by atoms with Crippen LogP contribution in [-0.2, 0) is 9.84 Å². The van der Waals surface area contributed by atoms with Crippen molar-refractivity contribution in [2.45, 2.75) is 12.2 Å². The summed E-state index contributed by atoms with van der Waals surface area (Å²) in [6.07, 6.45) is 1.64. The minimum atomic E-state index is -3.70. The molecule has 1 atom stereocenters. The third-order valence-corrected chi connectivity index (χ3v) is 6.78. The average molecular weight is 430 g/mol. The second kappa shape index (κ2) is 6.48. The van der Waals surface area contributed by atoms with Crippen LogP contribution in [0.15, 0.2) is 41.0 Å². The molecule has 0 aliphatic rings. The van der Waals surface area contributed by atoms with E-state index in [4.69, 9.17) is 11.6 Å². The first-order chi connectivity index (χ1) is 11.3. The molecule has 0 bridgehead atoms. The highest BCUT2D eigenvalue weighted by atomic mass is 79.9. The van der Waals surface area contributed by atoms with E-state index >= 15 is 0 Å². The first-order valence-corrected chi connectivity index (χ1v) is 9.98. The number of nitrogens with one attached hydrogen (secondary N) is 1. The lowest BCUT2D eigenvalue weighted by atomic mass is 10.1. The van der Waals surface area contributed by atoms with Crippen molar-refractivity contribution >= 4 is 48.3 Å². The van der Waals surface area contributed by atoms with Crippen LogP contribution in [0.2, 0.25) is 5.02 Å². The van der Waals surface area contributed by atoms with E-state index in [9.17, 15) is 13.5 Å². The molecule has 1 unspecified atom stereocenters. The fraction of sp³-hybridized carbons (Fsp3) is 0.188. The van der Waals surface area contributed by atoms with Gasteiger partial charge in [-0.25, -0.2) is 8.42 Å². The van der Waals surface area contributed by atoms with E-state index in [0.29, 0.717) is 26.4 Å². The van der Waals surface area contributed by atoms with Crippen LogP contribution in [0.3, 0.4) is 0 Å². The molecular formula is C16H14BrClN2O3S. The van der Waals surface area contributed by atoms with E-state index in [0.717, 1.165) is 10.9 Å². The molecule has 1 aromatic carbocycles. The molecule has 3 aromatic rings. The van der Waals surface area contributed by atoms with Crippen molar-refractivity contribution in [2.24, 2.45) is 0 Å². The number of pyridine rings is 1. The Morgan fingerprint density at radius 2 is 2.12 bits per heavy atom. The van der Waals surface area contributed by atoms with E-state index in [1.54, 1.807) is 37.4 Å². The Hall–Kier alpha value is -1.41. The minimum Gasteiger partial charge on any atom is -0.380 e. The van der Waals surface area contributed by atoms with Crippen LogP contribution < -0.4 is 0 Å². The van der Waals surface area contributed by atoms with Crippen LogP contribution in [-0.4, -0.2) is 29.4 Å². The molecule has 0 aliphatic heterocycles. The molecule has 0 amide bonds. The van der Waals surface area contributed by atoms with E-state index in [2.05, 4.69) is 25.9 Å². The van der Waals surface area contributed by atoms with Crippen molar-refractivity contribution < 1.29 is 13.5 Å². The summed E-state index contributed by atoms with van der Waals surface area (Å²) in [4.78, 5) is 7.49. The molecule has 0 saturated carbocycles. The number of sulfone groups is 1. The summed E-state index contributed by atoms with van der Waals surface area (Å²) in [6, 6.07) is 8.99. The second-order valence-electron chi connectivity index (χ2n) is 5.37. The van der Waals surface area contributed by atoms with Crippen LogP contribution in [0.5, 0.6) is 0 Å². The summed E-state index contributed by atoms with van der Waals surface area (Å²) in [7, 11) is -3.70. The van der Waals surface area contributed by atoms with Crippen LogP contribution in [0.25, 0.3) is 22.2 Å². The van der Waals surface area contributed by atoms with Gasteiger partial charge < -0.3 is 10.1 Å². The van der Waals surface area contributed by atoms with Crippen LogP contribution in [0.1, 0.15) is 17.9 Å². The topological polar surface area (TPSA) is 83.0 Å². The maximum absolute atomic E-state index is 12.2. The van der Waals surface area contributed by atoms with Gasteiger partial charge in [-0.15, -0.1) is 0 Å². The van der Waals surface area contributed by atoms with Gasteiger partial charge in [-0.3, -0.25) is 4.98 Å². The molecule has 0 saturated heterocycles. The number of hydrogen-bond acceptors (Lipinski definition) is 4. The fourth-order valence-corrected chi connectivity index (χ4v) is 3.86. The zero-order valence-corrected chi connectivity index (χ0v) is 15.8. The van der Waals surface area contributed by atoms with Crippen molar-refractivity contribution in [3.8, 4) is 11.3 Å². The Balaban J connectivity index is 2.37. The third kappa shape index (κ3) is 2.97. The van der Waals surface area contributed by atoms with Crippen LogP contribution >= 0.6 is 27.5 Å². The molecule has 126 valence electrons. The SMILES string of the molecule is CC(c1[nH]c2cc(Br)c(Cl)cc2c1-c1ccccn1)S(=O)(=O)CO. The number of halogens is 2. The van der Waals surface area contributed by atoms with Crippen molar-refractivity contribution in [1.29, 1.82) is 0 Å². The lowest BCUT2D eigenvalue weighted by molar-refractivity contribution is 0.356. The minimum absolute atomic E-state index is 0.479. The molecule has 5 nitrogen and oxygen atoms in total. The van der Waals surface area contributed by atoms with Gasteiger partial charge in [-0.1, -0.05) is 17.7 Å². The molecule has 0 aliphatic carbocycles. The van der Waals surface area contributed by atoms with Crippen molar-refractivity contribution in [2.75, 3.05) is 5.94 Å². The molecule has 2 aromatic heterocycles. The van der Waals surface area contributed by atoms with Gasteiger partial charge in [0.15, 0.2) is 9.84 Å². The maximum atomic E-state index is 12.2. The summed E-state index contributed by atoms with van der Waals surface area (Å²) >= 11 is 9.58. The van der Waals surface area contributed by atoms with Gasteiger partial charge in [0.25, 0.3) is 0 Å². The zero-order chi connectivity index (χ0) is 17.5. The number of aromatic nitrogens is 2.